The van der Waals surface area contributed by atoms with Crippen LogP contribution in [0.1, 0.15) is 39.0 Å². The lowest BCUT2D eigenvalue weighted by molar-refractivity contribution is -0.0436. The molecule has 2 aliphatic rings. The Labute approximate surface area is 80.7 Å². The van der Waals surface area contributed by atoms with Crippen LogP contribution in [0, 0.1) is 11.8 Å². The summed E-state index contributed by atoms with van der Waals surface area (Å²) in [5, 5.41) is 13.5. The molecule has 1 heterocycles. The van der Waals surface area contributed by atoms with E-state index in [1.54, 1.807) is 0 Å². The molecule has 76 valence electrons. The summed E-state index contributed by atoms with van der Waals surface area (Å²) in [6.07, 6.45) is 6.62. The van der Waals surface area contributed by atoms with E-state index in [2.05, 4.69) is 5.32 Å². The topological polar surface area (TPSA) is 32.3 Å². The number of aliphatic hydroxyl groups is 1. The van der Waals surface area contributed by atoms with Gasteiger partial charge in [0.1, 0.15) is 0 Å². The lowest BCUT2D eigenvalue weighted by Gasteiger charge is -2.41. The monoisotopic (exact) mass is 183 g/mol. The fraction of sp³-hybridized carbons (Fsp3) is 1.00. The van der Waals surface area contributed by atoms with E-state index in [1.165, 1.54) is 25.7 Å². The van der Waals surface area contributed by atoms with Crippen molar-refractivity contribution in [1.82, 2.24) is 5.32 Å². The Morgan fingerprint density at radius 3 is 2.54 bits per heavy atom. The molecule has 0 aromatic carbocycles. The van der Waals surface area contributed by atoms with E-state index in [0.29, 0.717) is 5.92 Å². The van der Waals surface area contributed by atoms with E-state index < -0.39 is 5.60 Å². The molecule has 0 radical (unpaired) electrons. The van der Waals surface area contributed by atoms with Crippen LogP contribution >= 0.6 is 0 Å². The number of β-amino-alcohol motifs (C(OH)–C–C–N with tert-alkyl or cyclic N) is 1. The minimum absolute atomic E-state index is 0.451. The molecule has 2 unspecified atom stereocenters. The highest BCUT2D eigenvalue weighted by Crippen LogP contribution is 2.39. The summed E-state index contributed by atoms with van der Waals surface area (Å²) in [7, 11) is 0. The number of rotatable bonds is 1. The predicted octanol–water partition coefficient (Wildman–Crippen LogP) is 1.54. The van der Waals surface area contributed by atoms with Crippen LogP contribution in [0.4, 0.5) is 0 Å². The summed E-state index contributed by atoms with van der Waals surface area (Å²) >= 11 is 0. The molecule has 2 N–H and O–H groups in total. The quantitative estimate of drug-likeness (QED) is 0.646. The van der Waals surface area contributed by atoms with Gasteiger partial charge in [0, 0.05) is 6.54 Å². The smallest absolute Gasteiger partial charge is 0.0774 e. The number of hydrogen-bond donors (Lipinski definition) is 2. The highest BCUT2D eigenvalue weighted by molar-refractivity contribution is 4.93. The van der Waals surface area contributed by atoms with E-state index in [9.17, 15) is 5.11 Å². The van der Waals surface area contributed by atoms with Crippen LogP contribution in [0.2, 0.25) is 0 Å². The van der Waals surface area contributed by atoms with Crippen molar-refractivity contribution in [3.63, 3.8) is 0 Å². The van der Waals surface area contributed by atoms with E-state index in [0.717, 1.165) is 25.4 Å². The van der Waals surface area contributed by atoms with E-state index in [4.69, 9.17) is 0 Å². The van der Waals surface area contributed by atoms with Crippen molar-refractivity contribution in [2.45, 2.75) is 44.6 Å². The molecule has 2 atom stereocenters. The molecule has 2 fully saturated rings. The number of hydrogen-bond acceptors (Lipinski definition) is 2. The molecular formula is C11H21NO. The molecule has 1 aliphatic carbocycles. The van der Waals surface area contributed by atoms with Crippen LogP contribution < -0.4 is 5.32 Å². The second-order valence-electron chi connectivity index (χ2n) is 4.97. The Kier molecular flexibility index (Phi) is 2.61. The second-order valence-corrected chi connectivity index (χ2v) is 4.97. The highest BCUT2D eigenvalue weighted by Gasteiger charge is 2.40. The average molecular weight is 183 g/mol. The van der Waals surface area contributed by atoms with Gasteiger partial charge in [-0.2, -0.15) is 0 Å². The van der Waals surface area contributed by atoms with Gasteiger partial charge in [-0.3, -0.25) is 0 Å². The van der Waals surface area contributed by atoms with Gasteiger partial charge in [-0.05, 0) is 31.7 Å². The molecule has 1 saturated carbocycles. The summed E-state index contributed by atoms with van der Waals surface area (Å²) in [5.74, 6) is 1.35. The predicted molar refractivity (Wildman–Crippen MR) is 53.6 cm³/mol. The molecule has 2 rings (SSSR count). The largest absolute Gasteiger partial charge is 0.389 e. The molecule has 1 aliphatic heterocycles. The fourth-order valence-corrected chi connectivity index (χ4v) is 3.14. The van der Waals surface area contributed by atoms with Gasteiger partial charge < -0.3 is 10.4 Å². The van der Waals surface area contributed by atoms with Crippen molar-refractivity contribution in [3.05, 3.63) is 0 Å². The third-order valence-corrected chi connectivity index (χ3v) is 3.88. The molecular weight excluding hydrogens is 162 g/mol. The number of nitrogens with one attached hydrogen (secondary N) is 1. The highest BCUT2D eigenvalue weighted by atomic mass is 16.3. The van der Waals surface area contributed by atoms with Gasteiger partial charge in [0.25, 0.3) is 0 Å². The van der Waals surface area contributed by atoms with Crippen molar-refractivity contribution in [1.29, 1.82) is 0 Å². The minimum atomic E-state index is -0.451. The van der Waals surface area contributed by atoms with Gasteiger partial charge in [0.05, 0.1) is 5.60 Å². The molecule has 1 saturated heterocycles. The summed E-state index contributed by atoms with van der Waals surface area (Å²) < 4.78 is 0. The Hall–Kier alpha value is -0.0800. The lowest BCUT2D eigenvalue weighted by atomic mass is 9.74. The van der Waals surface area contributed by atoms with Gasteiger partial charge in [0.15, 0.2) is 0 Å². The maximum absolute atomic E-state index is 10.2. The van der Waals surface area contributed by atoms with Gasteiger partial charge in [-0.1, -0.05) is 25.7 Å². The van der Waals surface area contributed by atoms with Crippen LogP contribution in [0.3, 0.4) is 0 Å². The average Bonchev–Trinajstić information content (AvgIpc) is 2.55. The van der Waals surface area contributed by atoms with E-state index in [-0.39, 0.29) is 0 Å². The Morgan fingerprint density at radius 2 is 1.92 bits per heavy atom. The summed E-state index contributed by atoms with van der Waals surface area (Å²) in [6, 6.07) is 0. The minimum Gasteiger partial charge on any atom is -0.389 e. The molecule has 0 aromatic rings. The maximum atomic E-state index is 10.2. The van der Waals surface area contributed by atoms with Crippen molar-refractivity contribution in [3.8, 4) is 0 Å². The third-order valence-electron chi connectivity index (χ3n) is 3.88. The fourth-order valence-electron chi connectivity index (χ4n) is 3.14. The van der Waals surface area contributed by atoms with Crippen LogP contribution in [0.25, 0.3) is 0 Å². The van der Waals surface area contributed by atoms with Crippen LogP contribution in [0.15, 0.2) is 0 Å². The Morgan fingerprint density at radius 1 is 1.23 bits per heavy atom. The zero-order valence-corrected chi connectivity index (χ0v) is 8.55. The van der Waals surface area contributed by atoms with Crippen LogP contribution in [-0.2, 0) is 0 Å². The van der Waals surface area contributed by atoms with Crippen molar-refractivity contribution in [2.24, 2.45) is 11.8 Å². The Balaban J connectivity index is 2.02. The van der Waals surface area contributed by atoms with Crippen molar-refractivity contribution in [2.75, 3.05) is 13.1 Å². The normalized spacial score (nSPS) is 42.5. The van der Waals surface area contributed by atoms with Gasteiger partial charge >= 0.3 is 0 Å². The summed E-state index contributed by atoms with van der Waals surface area (Å²) in [6.45, 7) is 3.88. The summed E-state index contributed by atoms with van der Waals surface area (Å²) in [4.78, 5) is 0. The van der Waals surface area contributed by atoms with E-state index >= 15 is 0 Å². The van der Waals surface area contributed by atoms with Crippen LogP contribution in [0.5, 0.6) is 0 Å². The molecule has 0 bridgehead atoms. The first kappa shape index (κ1) is 9.47. The third kappa shape index (κ3) is 1.89. The Bertz CT molecular complexity index is 173. The van der Waals surface area contributed by atoms with Gasteiger partial charge in [-0.15, -0.1) is 0 Å². The van der Waals surface area contributed by atoms with Gasteiger partial charge in [-0.25, -0.2) is 0 Å². The standard InChI is InChI=1S/C11H21NO/c1-11(13)8-12-7-6-10(11)9-4-2-3-5-9/h9-10,12-13H,2-8H2,1H3. The van der Waals surface area contributed by atoms with Crippen molar-refractivity contribution >= 4 is 0 Å². The van der Waals surface area contributed by atoms with Gasteiger partial charge in [0.2, 0.25) is 0 Å². The maximum Gasteiger partial charge on any atom is 0.0774 e. The second kappa shape index (κ2) is 3.58. The zero-order valence-electron chi connectivity index (χ0n) is 8.55. The lowest BCUT2D eigenvalue weighted by Crippen LogP contribution is -2.52. The van der Waals surface area contributed by atoms with Crippen LogP contribution in [-0.4, -0.2) is 23.8 Å². The molecule has 0 aromatic heterocycles. The van der Waals surface area contributed by atoms with Crippen molar-refractivity contribution < 1.29 is 5.11 Å². The molecule has 0 amide bonds. The zero-order chi connectivity index (χ0) is 9.31. The first-order chi connectivity index (χ1) is 6.20. The first-order valence-corrected chi connectivity index (χ1v) is 5.63. The molecule has 2 heteroatoms. The number of piperidine rings is 1. The SMILES string of the molecule is CC1(O)CNCCC1C1CCCC1. The summed E-state index contributed by atoms with van der Waals surface area (Å²) in [5.41, 5.74) is -0.451. The molecule has 13 heavy (non-hydrogen) atoms. The molecule has 2 nitrogen and oxygen atoms in total. The van der Waals surface area contributed by atoms with E-state index in [1.807, 2.05) is 6.92 Å². The first-order valence-electron chi connectivity index (χ1n) is 5.63. The molecule has 0 spiro atoms.